The molecule has 4 aliphatic heterocycles. The standard InChI is InChI=1S/C49H72O17/c1-10-12-13-14-15-17-41(53)63-39-28-36-25-33(51)26-44(56)62-38(30(3)50)27-35-23-32(24-43(55)60-9)45(64-40(52)16-11-2)49(58,66-35)46(4,5)19-18-34-20-31(22-42(54)59-8)21-37(61-34)29-48(57,65-36)47(39,6)7/h13-15,17-19,22,24,30,33-39,45,50-51,57-58H,10-12,16,20-21,23,25-29H2,1-9H3/b14-13+,17-15+,19-18-,31-22+,32-24+/t30-,33-,34+,35+,36-,37+,38-,39+,45+,48+,49-/m1/s1. The molecule has 6 bridgehead atoms. The van der Waals surface area contributed by atoms with Gasteiger partial charge in [0.1, 0.15) is 12.2 Å². The molecular formula is C49H72O17. The second-order valence-corrected chi connectivity index (χ2v) is 18.9. The number of cyclic esters (lactones) is 1. The molecule has 66 heavy (non-hydrogen) atoms. The van der Waals surface area contributed by atoms with E-state index in [2.05, 4.69) is 0 Å². The Morgan fingerprint density at radius 2 is 1.55 bits per heavy atom. The van der Waals surface area contributed by atoms with Crippen LogP contribution in [0.25, 0.3) is 0 Å². The third-order valence-electron chi connectivity index (χ3n) is 12.8. The monoisotopic (exact) mass is 932 g/mol. The highest BCUT2D eigenvalue weighted by Gasteiger charge is 2.59. The summed E-state index contributed by atoms with van der Waals surface area (Å²) >= 11 is 0. The van der Waals surface area contributed by atoms with Crippen molar-refractivity contribution in [3.8, 4) is 0 Å². The van der Waals surface area contributed by atoms with Crippen LogP contribution < -0.4 is 0 Å². The first kappa shape index (κ1) is 54.4. The van der Waals surface area contributed by atoms with Gasteiger partial charge in [-0.3, -0.25) is 9.59 Å². The Morgan fingerprint density at radius 1 is 0.848 bits per heavy atom. The fourth-order valence-corrected chi connectivity index (χ4v) is 8.79. The highest BCUT2D eigenvalue weighted by molar-refractivity contribution is 5.84. The largest absolute Gasteiger partial charge is 0.466 e. The summed E-state index contributed by atoms with van der Waals surface area (Å²) in [6.07, 6.45) is 3.37. The van der Waals surface area contributed by atoms with E-state index in [-0.39, 0.29) is 56.9 Å². The van der Waals surface area contributed by atoms with Gasteiger partial charge in [0.2, 0.25) is 5.79 Å². The van der Waals surface area contributed by atoms with Crippen LogP contribution in [0, 0.1) is 10.8 Å². The van der Waals surface area contributed by atoms with Crippen molar-refractivity contribution in [3.63, 3.8) is 0 Å². The zero-order valence-corrected chi connectivity index (χ0v) is 39.9. The molecule has 0 amide bonds. The van der Waals surface area contributed by atoms with Crippen molar-refractivity contribution in [2.75, 3.05) is 14.2 Å². The van der Waals surface area contributed by atoms with E-state index >= 15 is 0 Å². The van der Waals surface area contributed by atoms with Crippen LogP contribution in [-0.2, 0) is 61.9 Å². The quantitative estimate of drug-likeness (QED) is 0.0696. The molecule has 0 radical (unpaired) electrons. The lowest BCUT2D eigenvalue weighted by Gasteiger charge is -2.53. The van der Waals surface area contributed by atoms with Gasteiger partial charge in [-0.25, -0.2) is 14.4 Å². The van der Waals surface area contributed by atoms with Crippen LogP contribution in [0.5, 0.6) is 0 Å². The predicted octanol–water partition coefficient (Wildman–Crippen LogP) is 5.06. The first-order valence-corrected chi connectivity index (χ1v) is 23.0. The van der Waals surface area contributed by atoms with Crippen LogP contribution in [-0.4, -0.2) is 131 Å². The van der Waals surface area contributed by atoms with Gasteiger partial charge in [0.15, 0.2) is 11.9 Å². The fraction of sp³-hybridized carbons (Fsp3) is 0.694. The Morgan fingerprint density at radius 3 is 2.20 bits per heavy atom. The van der Waals surface area contributed by atoms with Gasteiger partial charge in [-0.2, -0.15) is 0 Å². The molecule has 0 unspecified atom stereocenters. The SMILES string of the molecule is CCC/C=C/C=C/C(=O)O[C@H]1C[C@H]2C[C@@H](O)CC(=O)O[C@@H]([C@@H](C)O)C[C@@H]3C/C(=C\C(=O)OC)[C@H](OC(=O)CCC)[C@@](O)(O3)C(C)(C)/C=C\[C@H]3C/C(=C\C(=O)OC)C[C@@H](C[C@](O)(O2)C1(C)C)O3. The maximum atomic E-state index is 13.5. The van der Waals surface area contributed by atoms with E-state index in [9.17, 15) is 44.4 Å². The van der Waals surface area contributed by atoms with Crippen LogP contribution in [0.3, 0.4) is 0 Å². The number of aliphatic hydroxyl groups excluding tert-OH is 2. The number of esters is 5. The number of carbonyl (C=O) groups is 5. The first-order valence-electron chi connectivity index (χ1n) is 23.0. The number of fused-ring (bicyclic) bond motifs is 6. The Kier molecular flexibility index (Phi) is 19.5. The minimum atomic E-state index is -2.42. The summed E-state index contributed by atoms with van der Waals surface area (Å²) in [4.78, 5) is 65.4. The number of hydrogen-bond acceptors (Lipinski definition) is 17. The summed E-state index contributed by atoms with van der Waals surface area (Å²) in [6, 6.07) is 0. The summed E-state index contributed by atoms with van der Waals surface area (Å²) < 4.78 is 47.1. The molecule has 0 saturated carbocycles. The Bertz CT molecular complexity index is 1860. The molecule has 0 aromatic rings. The summed E-state index contributed by atoms with van der Waals surface area (Å²) in [5, 5.41) is 47.8. The van der Waals surface area contributed by atoms with Crippen molar-refractivity contribution in [3.05, 3.63) is 59.8 Å². The molecule has 4 heterocycles. The average molecular weight is 933 g/mol. The number of methoxy groups -OCH3 is 2. The molecule has 11 atom stereocenters. The normalized spacial score (nSPS) is 35.1. The summed E-state index contributed by atoms with van der Waals surface area (Å²) in [7, 11) is 2.42. The number of carbonyl (C=O) groups excluding carboxylic acids is 5. The second-order valence-electron chi connectivity index (χ2n) is 18.9. The van der Waals surface area contributed by atoms with Gasteiger partial charge in [-0.15, -0.1) is 0 Å². The lowest BCUT2D eigenvalue weighted by atomic mass is 9.70. The molecule has 4 rings (SSSR count). The minimum Gasteiger partial charge on any atom is -0.466 e. The van der Waals surface area contributed by atoms with Gasteiger partial charge >= 0.3 is 29.8 Å². The second kappa shape index (κ2) is 23.7. The van der Waals surface area contributed by atoms with Crippen LogP contribution in [0.1, 0.15) is 126 Å². The Labute approximate surface area is 388 Å². The maximum Gasteiger partial charge on any atom is 0.331 e. The van der Waals surface area contributed by atoms with Crippen molar-refractivity contribution < 1.29 is 82.3 Å². The smallest absolute Gasteiger partial charge is 0.331 e. The molecule has 0 aromatic heterocycles. The highest BCUT2D eigenvalue weighted by Crippen LogP contribution is 2.50. The van der Waals surface area contributed by atoms with Gasteiger partial charge in [-0.05, 0) is 44.6 Å². The summed E-state index contributed by atoms with van der Waals surface area (Å²) in [6.45, 7) is 11.8. The van der Waals surface area contributed by atoms with Crippen LogP contribution in [0.4, 0.5) is 0 Å². The lowest BCUT2D eigenvalue weighted by molar-refractivity contribution is -0.348. The molecule has 0 spiro atoms. The molecular weight excluding hydrogens is 861 g/mol. The lowest BCUT2D eigenvalue weighted by Crippen LogP contribution is -2.62. The molecule has 4 aliphatic rings. The van der Waals surface area contributed by atoms with Gasteiger partial charge in [0, 0.05) is 55.7 Å². The fourth-order valence-electron chi connectivity index (χ4n) is 8.79. The molecule has 17 nitrogen and oxygen atoms in total. The Balaban J connectivity index is 1.86. The van der Waals surface area contributed by atoms with Crippen molar-refractivity contribution >= 4 is 29.8 Å². The maximum absolute atomic E-state index is 13.5. The predicted molar refractivity (Wildman–Crippen MR) is 238 cm³/mol. The third-order valence-corrected chi connectivity index (χ3v) is 12.8. The topological polar surface area (TPSA) is 240 Å². The van der Waals surface area contributed by atoms with E-state index in [1.807, 2.05) is 13.0 Å². The number of hydrogen-bond donors (Lipinski definition) is 4. The number of unbranched alkanes of at least 4 members (excludes halogenated alkanes) is 1. The number of ether oxygens (including phenoxy) is 8. The Hall–Kier alpha value is -4.23. The van der Waals surface area contributed by atoms with E-state index in [4.69, 9.17) is 37.9 Å². The molecule has 3 fully saturated rings. The average Bonchev–Trinajstić information content (AvgIpc) is 3.22. The van der Waals surface area contributed by atoms with Crippen LogP contribution >= 0.6 is 0 Å². The van der Waals surface area contributed by atoms with Crippen molar-refractivity contribution in [2.24, 2.45) is 10.8 Å². The number of allylic oxidation sites excluding steroid dienone is 3. The van der Waals surface area contributed by atoms with E-state index in [0.29, 0.717) is 12.0 Å². The van der Waals surface area contributed by atoms with Crippen molar-refractivity contribution in [1.82, 2.24) is 0 Å². The van der Waals surface area contributed by atoms with E-state index < -0.39 is 114 Å². The van der Waals surface area contributed by atoms with E-state index in [0.717, 1.165) is 18.9 Å². The zero-order chi connectivity index (χ0) is 49.0. The molecule has 4 N–H and O–H groups in total. The van der Waals surface area contributed by atoms with Crippen LogP contribution in [0.15, 0.2) is 59.8 Å². The minimum absolute atomic E-state index is 0.0130. The van der Waals surface area contributed by atoms with Gasteiger partial charge in [0.25, 0.3) is 0 Å². The van der Waals surface area contributed by atoms with Gasteiger partial charge in [0.05, 0.1) is 62.7 Å². The molecule has 17 heteroatoms. The summed E-state index contributed by atoms with van der Waals surface area (Å²) in [5.41, 5.74) is -2.04. The van der Waals surface area contributed by atoms with Crippen molar-refractivity contribution in [1.29, 1.82) is 0 Å². The van der Waals surface area contributed by atoms with Gasteiger partial charge in [-0.1, -0.05) is 83.9 Å². The molecule has 370 valence electrons. The highest BCUT2D eigenvalue weighted by atomic mass is 16.7. The number of rotatable bonds is 11. The van der Waals surface area contributed by atoms with Crippen molar-refractivity contribution in [2.45, 2.75) is 192 Å². The van der Waals surface area contributed by atoms with E-state index in [1.165, 1.54) is 33.3 Å². The van der Waals surface area contributed by atoms with E-state index in [1.54, 1.807) is 58.9 Å². The summed E-state index contributed by atoms with van der Waals surface area (Å²) in [5.74, 6) is -8.16. The first-order chi connectivity index (χ1) is 31.0. The van der Waals surface area contributed by atoms with Gasteiger partial charge < -0.3 is 58.3 Å². The molecule has 0 aliphatic carbocycles. The number of aliphatic hydroxyl groups is 4. The zero-order valence-electron chi connectivity index (χ0n) is 39.9. The third kappa shape index (κ3) is 14.2. The molecule has 0 aromatic carbocycles. The molecule has 3 saturated heterocycles. The van der Waals surface area contributed by atoms with Crippen LogP contribution in [0.2, 0.25) is 0 Å².